The molecule has 0 heterocycles. The minimum absolute atomic E-state index is 0.258. The normalized spacial score (nSPS) is 14.7. The third-order valence-electron chi connectivity index (χ3n) is 1.73. The van der Waals surface area contributed by atoms with Gasteiger partial charge < -0.3 is 4.55 Å². The fourth-order valence-corrected chi connectivity index (χ4v) is 2.06. The predicted molar refractivity (Wildman–Crippen MR) is 55.7 cm³/mol. The van der Waals surface area contributed by atoms with Gasteiger partial charge in [-0.05, 0) is 5.56 Å². The molecule has 1 aromatic carbocycles. The second-order valence-electron chi connectivity index (χ2n) is 2.67. The van der Waals surface area contributed by atoms with Crippen molar-refractivity contribution in [1.29, 1.82) is 0 Å². The zero-order chi connectivity index (χ0) is 10.6. The Bertz CT molecular complexity index is 339. The zero-order valence-electron chi connectivity index (χ0n) is 7.22. The summed E-state index contributed by atoms with van der Waals surface area (Å²) < 4.78 is 19.9. The first-order chi connectivity index (χ1) is 6.66. The van der Waals surface area contributed by atoms with Gasteiger partial charge >= 0.3 is 0 Å². The highest BCUT2D eigenvalue weighted by atomic mass is 35.5. The van der Waals surface area contributed by atoms with E-state index in [1.807, 2.05) is 0 Å². The minimum Gasteiger partial charge on any atom is -0.305 e. The Hall–Kier alpha value is -0.710. The number of ketones is 1. The summed E-state index contributed by atoms with van der Waals surface area (Å²) in [7, 11) is 0. The van der Waals surface area contributed by atoms with Gasteiger partial charge in [-0.25, -0.2) is 4.21 Å². The van der Waals surface area contributed by atoms with E-state index in [9.17, 15) is 9.00 Å². The summed E-state index contributed by atoms with van der Waals surface area (Å²) in [6, 6.07) is 8.44. The molecule has 14 heavy (non-hydrogen) atoms. The Labute approximate surface area is 89.4 Å². The molecule has 3 nitrogen and oxygen atoms in total. The molecule has 5 heteroatoms. The zero-order valence-corrected chi connectivity index (χ0v) is 8.79. The fraction of sp³-hybridized carbons (Fsp3) is 0.222. The molecule has 76 valence electrons. The topological polar surface area (TPSA) is 54.4 Å². The summed E-state index contributed by atoms with van der Waals surface area (Å²) in [6.07, 6.45) is 0. The maximum atomic E-state index is 11.3. The van der Waals surface area contributed by atoms with Crippen molar-refractivity contribution in [3.63, 3.8) is 0 Å². The molecule has 0 spiro atoms. The van der Waals surface area contributed by atoms with Crippen LogP contribution in [0.2, 0.25) is 0 Å². The van der Waals surface area contributed by atoms with E-state index >= 15 is 0 Å². The smallest absolute Gasteiger partial charge is 0.169 e. The first-order valence-electron chi connectivity index (χ1n) is 3.90. The molecule has 0 saturated heterocycles. The van der Waals surface area contributed by atoms with Gasteiger partial charge in [-0.3, -0.25) is 4.79 Å². The number of rotatable bonds is 4. The number of carbonyl (C=O) groups is 1. The molecule has 0 fully saturated rings. The number of carbonyl (C=O) groups excluding carboxylic acids is 1. The van der Waals surface area contributed by atoms with Crippen molar-refractivity contribution in [2.45, 2.75) is 5.25 Å². The van der Waals surface area contributed by atoms with Gasteiger partial charge in [0.1, 0.15) is 5.25 Å². The highest BCUT2D eigenvalue weighted by Gasteiger charge is 2.24. The standard InChI is InChI=1S/C9H9ClO3S/c10-6-8(11)9(14(12)13)7-4-2-1-3-5-7/h1-5,9H,6H2,(H,12,13). The molecule has 1 N–H and O–H groups in total. The van der Waals surface area contributed by atoms with Crippen molar-refractivity contribution >= 4 is 28.5 Å². The van der Waals surface area contributed by atoms with Crippen LogP contribution in [0.15, 0.2) is 30.3 Å². The van der Waals surface area contributed by atoms with Crippen molar-refractivity contribution < 1.29 is 13.6 Å². The second kappa shape index (κ2) is 5.24. The van der Waals surface area contributed by atoms with Gasteiger partial charge in [0, 0.05) is 0 Å². The molecule has 0 amide bonds. The maximum absolute atomic E-state index is 11.3. The van der Waals surface area contributed by atoms with Gasteiger partial charge in [0.2, 0.25) is 0 Å². The molecule has 2 unspecified atom stereocenters. The molecule has 0 aromatic heterocycles. The van der Waals surface area contributed by atoms with Crippen LogP contribution in [0.3, 0.4) is 0 Å². The van der Waals surface area contributed by atoms with Crippen LogP contribution in [0.1, 0.15) is 10.8 Å². The molecule has 1 aromatic rings. The Morgan fingerprint density at radius 2 is 2.00 bits per heavy atom. The molecule has 0 aliphatic heterocycles. The van der Waals surface area contributed by atoms with Crippen LogP contribution >= 0.6 is 11.6 Å². The molecule has 0 radical (unpaired) electrons. The van der Waals surface area contributed by atoms with Crippen LogP contribution in [-0.2, 0) is 15.9 Å². The van der Waals surface area contributed by atoms with Gasteiger partial charge in [-0.1, -0.05) is 30.3 Å². The van der Waals surface area contributed by atoms with Crippen molar-refractivity contribution in [3.8, 4) is 0 Å². The fourth-order valence-electron chi connectivity index (χ4n) is 1.11. The summed E-state index contributed by atoms with van der Waals surface area (Å²) in [4.78, 5) is 11.3. The van der Waals surface area contributed by atoms with Crippen molar-refractivity contribution in [1.82, 2.24) is 0 Å². The Morgan fingerprint density at radius 3 is 2.43 bits per heavy atom. The number of hydrogen-bond acceptors (Lipinski definition) is 2. The maximum Gasteiger partial charge on any atom is 0.169 e. The lowest BCUT2D eigenvalue weighted by Gasteiger charge is -2.09. The third kappa shape index (κ3) is 2.64. The third-order valence-corrected chi connectivity index (χ3v) is 2.93. The molecule has 0 aliphatic carbocycles. The van der Waals surface area contributed by atoms with Crippen molar-refractivity contribution in [2.24, 2.45) is 0 Å². The summed E-state index contributed by atoms with van der Waals surface area (Å²) in [5.74, 6) is -0.704. The first kappa shape index (κ1) is 11.4. The molecule has 0 saturated carbocycles. The summed E-state index contributed by atoms with van der Waals surface area (Å²) in [5.41, 5.74) is 0.513. The molecule has 1 rings (SSSR count). The Kier molecular flexibility index (Phi) is 4.25. The van der Waals surface area contributed by atoms with Gasteiger partial charge in [-0.15, -0.1) is 11.6 Å². The summed E-state index contributed by atoms with van der Waals surface area (Å²) >= 11 is 3.13. The number of Topliss-reactive ketones (excluding diaryl/α,β-unsaturated/α-hetero) is 1. The highest BCUT2D eigenvalue weighted by Crippen LogP contribution is 2.20. The van der Waals surface area contributed by atoms with Crippen LogP contribution in [0.5, 0.6) is 0 Å². The van der Waals surface area contributed by atoms with Crippen LogP contribution < -0.4 is 0 Å². The lowest BCUT2D eigenvalue weighted by molar-refractivity contribution is -0.116. The quantitative estimate of drug-likeness (QED) is 0.636. The van der Waals surface area contributed by atoms with E-state index in [0.717, 1.165) is 0 Å². The average molecular weight is 233 g/mol. The van der Waals surface area contributed by atoms with E-state index < -0.39 is 22.1 Å². The monoisotopic (exact) mass is 232 g/mol. The lowest BCUT2D eigenvalue weighted by Crippen LogP contribution is -2.18. The van der Waals surface area contributed by atoms with Crippen LogP contribution in [0.25, 0.3) is 0 Å². The number of alkyl halides is 1. The van der Waals surface area contributed by atoms with E-state index in [1.54, 1.807) is 30.3 Å². The molecule has 0 aliphatic rings. The van der Waals surface area contributed by atoms with Gasteiger partial charge in [0.15, 0.2) is 16.9 Å². The molecular formula is C9H9ClO3S. The van der Waals surface area contributed by atoms with E-state index in [1.165, 1.54) is 0 Å². The predicted octanol–water partition coefficient (Wildman–Crippen LogP) is 1.76. The lowest BCUT2D eigenvalue weighted by atomic mass is 10.1. The SMILES string of the molecule is O=C(CCl)C(c1ccccc1)S(=O)O. The van der Waals surface area contributed by atoms with E-state index in [0.29, 0.717) is 5.56 Å². The second-order valence-corrected chi connectivity index (χ2v) is 3.96. The van der Waals surface area contributed by atoms with Gasteiger partial charge in [-0.2, -0.15) is 0 Å². The molecular weight excluding hydrogens is 224 g/mol. The van der Waals surface area contributed by atoms with E-state index in [-0.39, 0.29) is 5.88 Å². The van der Waals surface area contributed by atoms with Crippen LogP contribution in [0.4, 0.5) is 0 Å². The largest absolute Gasteiger partial charge is 0.305 e. The van der Waals surface area contributed by atoms with E-state index in [4.69, 9.17) is 16.2 Å². The molecule has 2 atom stereocenters. The Balaban J connectivity index is 3.01. The van der Waals surface area contributed by atoms with Crippen molar-refractivity contribution in [2.75, 3.05) is 5.88 Å². The van der Waals surface area contributed by atoms with E-state index in [2.05, 4.69) is 0 Å². The summed E-state index contributed by atoms with van der Waals surface area (Å²) in [5, 5.41) is -1.03. The number of hydrogen-bond donors (Lipinski definition) is 1. The number of benzene rings is 1. The number of halogens is 1. The Morgan fingerprint density at radius 1 is 1.43 bits per heavy atom. The first-order valence-corrected chi connectivity index (χ1v) is 5.60. The van der Waals surface area contributed by atoms with Crippen molar-refractivity contribution in [3.05, 3.63) is 35.9 Å². The van der Waals surface area contributed by atoms with Crippen LogP contribution in [0, 0.1) is 0 Å². The minimum atomic E-state index is -2.22. The highest BCUT2D eigenvalue weighted by molar-refractivity contribution is 7.80. The van der Waals surface area contributed by atoms with Gasteiger partial charge in [0.05, 0.1) is 5.88 Å². The average Bonchev–Trinajstić information content (AvgIpc) is 2.19. The van der Waals surface area contributed by atoms with Crippen LogP contribution in [-0.4, -0.2) is 20.4 Å². The van der Waals surface area contributed by atoms with Gasteiger partial charge in [0.25, 0.3) is 0 Å². The summed E-state index contributed by atoms with van der Waals surface area (Å²) in [6.45, 7) is 0. The molecule has 0 bridgehead atoms.